The van der Waals surface area contributed by atoms with Gasteiger partial charge in [-0.1, -0.05) is 48.5 Å². The van der Waals surface area contributed by atoms with Crippen LogP contribution in [-0.2, 0) is 9.53 Å². The first-order valence-corrected chi connectivity index (χ1v) is 9.38. The Hall–Kier alpha value is -3.26. The largest absolute Gasteiger partial charge is 0.479 e. The van der Waals surface area contributed by atoms with Crippen molar-refractivity contribution in [3.05, 3.63) is 59.7 Å². The van der Waals surface area contributed by atoms with Crippen LogP contribution in [0.1, 0.15) is 36.3 Å². The molecule has 1 saturated heterocycles. The second-order valence-corrected chi connectivity index (χ2v) is 7.28. The topological polar surface area (TPSA) is 66.8 Å². The molecule has 1 heterocycles. The zero-order valence-electron chi connectivity index (χ0n) is 15.4. The highest BCUT2D eigenvalue weighted by atomic mass is 16.6. The van der Waals surface area contributed by atoms with Crippen LogP contribution >= 0.6 is 0 Å². The van der Waals surface area contributed by atoms with Crippen molar-refractivity contribution in [1.29, 1.82) is 0 Å². The number of ether oxygens (including phenoxy) is 1. The summed E-state index contributed by atoms with van der Waals surface area (Å²) in [5, 5.41) is 9.71. The van der Waals surface area contributed by atoms with E-state index in [1.54, 1.807) is 0 Å². The Bertz CT molecular complexity index is 931. The molecule has 2 aromatic rings. The van der Waals surface area contributed by atoms with Crippen LogP contribution in [0.5, 0.6) is 0 Å². The fourth-order valence-corrected chi connectivity index (χ4v) is 4.47. The van der Waals surface area contributed by atoms with Crippen molar-refractivity contribution in [2.24, 2.45) is 0 Å². The summed E-state index contributed by atoms with van der Waals surface area (Å²) in [5.74, 6) is 1.27. The Labute approximate surface area is 163 Å². The lowest BCUT2D eigenvalue weighted by Gasteiger charge is -2.32. The van der Waals surface area contributed by atoms with Gasteiger partial charge in [0.2, 0.25) is 0 Å². The minimum absolute atomic E-state index is 0.0213. The summed E-state index contributed by atoms with van der Waals surface area (Å²) in [5.41, 5.74) is 3.16. The van der Waals surface area contributed by atoms with Crippen molar-refractivity contribution in [2.75, 3.05) is 13.2 Å². The maximum absolute atomic E-state index is 12.8. The summed E-state index contributed by atoms with van der Waals surface area (Å²) in [6, 6.07) is 16.2. The van der Waals surface area contributed by atoms with E-state index in [2.05, 4.69) is 18.1 Å². The van der Waals surface area contributed by atoms with Gasteiger partial charge in [-0.25, -0.2) is 9.59 Å². The van der Waals surface area contributed by atoms with E-state index in [-0.39, 0.29) is 18.9 Å². The molecule has 142 valence electrons. The summed E-state index contributed by atoms with van der Waals surface area (Å²) < 4.78 is 5.63. The van der Waals surface area contributed by atoms with E-state index in [1.165, 1.54) is 4.90 Å². The van der Waals surface area contributed by atoms with Gasteiger partial charge in [-0.3, -0.25) is 4.90 Å². The monoisotopic (exact) mass is 375 g/mol. The van der Waals surface area contributed by atoms with E-state index in [1.807, 2.05) is 36.4 Å². The fourth-order valence-electron chi connectivity index (χ4n) is 4.47. The molecular weight excluding hydrogens is 354 g/mol. The van der Waals surface area contributed by atoms with Gasteiger partial charge in [0.1, 0.15) is 6.61 Å². The van der Waals surface area contributed by atoms with Gasteiger partial charge in [-0.15, -0.1) is 12.3 Å². The van der Waals surface area contributed by atoms with Crippen LogP contribution in [0, 0.1) is 12.3 Å². The third kappa shape index (κ3) is 2.73. The first kappa shape index (κ1) is 18.1. The van der Waals surface area contributed by atoms with Gasteiger partial charge < -0.3 is 9.84 Å². The third-order valence-electron chi connectivity index (χ3n) is 5.84. The van der Waals surface area contributed by atoms with E-state index in [0.717, 1.165) is 22.3 Å². The van der Waals surface area contributed by atoms with Gasteiger partial charge in [-0.2, -0.15) is 0 Å². The van der Waals surface area contributed by atoms with Crippen LogP contribution in [0.15, 0.2) is 48.5 Å². The summed E-state index contributed by atoms with van der Waals surface area (Å²) in [4.78, 5) is 26.0. The lowest BCUT2D eigenvalue weighted by molar-refractivity contribution is -0.148. The molecule has 0 spiro atoms. The number of carboxylic acids is 1. The molecule has 1 atom stereocenters. The Morgan fingerprint density at radius 2 is 1.75 bits per heavy atom. The second kappa shape index (κ2) is 7.05. The molecule has 4 rings (SSSR count). The Morgan fingerprint density at radius 1 is 1.14 bits per heavy atom. The molecule has 0 bridgehead atoms. The van der Waals surface area contributed by atoms with Crippen molar-refractivity contribution in [3.63, 3.8) is 0 Å². The minimum Gasteiger partial charge on any atom is -0.479 e. The number of nitrogens with zero attached hydrogens (tertiary/aromatic N) is 1. The summed E-state index contributed by atoms with van der Waals surface area (Å²) in [7, 11) is 0. The lowest BCUT2D eigenvalue weighted by atomic mass is 9.93. The Balaban J connectivity index is 1.56. The first-order valence-electron chi connectivity index (χ1n) is 9.38. The molecule has 1 amide bonds. The quantitative estimate of drug-likeness (QED) is 0.824. The van der Waals surface area contributed by atoms with Crippen LogP contribution in [0.4, 0.5) is 4.79 Å². The van der Waals surface area contributed by atoms with Gasteiger partial charge in [0, 0.05) is 18.9 Å². The van der Waals surface area contributed by atoms with E-state index >= 15 is 0 Å². The van der Waals surface area contributed by atoms with E-state index < -0.39 is 17.6 Å². The number of carbonyl (C=O) groups excluding carboxylic acids is 1. The van der Waals surface area contributed by atoms with Gasteiger partial charge in [0.05, 0.1) is 0 Å². The first-order chi connectivity index (χ1) is 13.6. The predicted molar refractivity (Wildman–Crippen MR) is 105 cm³/mol. The molecule has 1 aliphatic carbocycles. The van der Waals surface area contributed by atoms with E-state index in [9.17, 15) is 14.7 Å². The maximum Gasteiger partial charge on any atom is 0.410 e. The van der Waals surface area contributed by atoms with Gasteiger partial charge in [0.15, 0.2) is 5.54 Å². The summed E-state index contributed by atoms with van der Waals surface area (Å²) >= 11 is 0. The standard InChI is InChI=1S/C23H21NO4/c1-2-12-23(21(25)26)13-7-14-24(23)22(27)28-15-20-18-10-5-3-8-16(18)17-9-4-6-11-19(17)20/h1,3-6,8-11,20H,7,12-15H2,(H,25,26). The second-order valence-electron chi connectivity index (χ2n) is 7.28. The van der Waals surface area contributed by atoms with Crippen molar-refractivity contribution in [2.45, 2.75) is 30.7 Å². The number of likely N-dealkylation sites (tertiary alicyclic amines) is 1. The number of hydrogen-bond donors (Lipinski definition) is 1. The molecule has 5 heteroatoms. The highest BCUT2D eigenvalue weighted by molar-refractivity contribution is 5.86. The number of benzene rings is 2. The zero-order chi connectivity index (χ0) is 19.7. The highest BCUT2D eigenvalue weighted by Gasteiger charge is 2.50. The molecule has 2 aliphatic rings. The molecule has 1 fully saturated rings. The minimum atomic E-state index is -1.36. The Morgan fingerprint density at radius 3 is 2.32 bits per heavy atom. The van der Waals surface area contributed by atoms with Gasteiger partial charge >= 0.3 is 12.1 Å². The predicted octanol–water partition coefficient (Wildman–Crippen LogP) is 3.88. The molecule has 0 saturated carbocycles. The van der Waals surface area contributed by atoms with Crippen LogP contribution < -0.4 is 0 Å². The lowest BCUT2D eigenvalue weighted by Crippen LogP contribution is -2.53. The average Bonchev–Trinajstić information content (AvgIpc) is 3.27. The average molecular weight is 375 g/mol. The summed E-state index contributed by atoms with van der Waals surface area (Å²) in [6.07, 6.45) is 5.69. The molecule has 0 aromatic heterocycles. The number of hydrogen-bond acceptors (Lipinski definition) is 3. The summed E-state index contributed by atoms with van der Waals surface area (Å²) in [6.45, 7) is 0.500. The number of carboxylic acid groups (broad SMARTS) is 1. The molecule has 0 radical (unpaired) electrons. The van der Waals surface area contributed by atoms with Gasteiger partial charge in [0.25, 0.3) is 0 Å². The number of terminal acetylenes is 1. The molecule has 1 N–H and O–H groups in total. The number of aliphatic carboxylic acids is 1. The number of fused-ring (bicyclic) bond motifs is 3. The van der Waals surface area contributed by atoms with E-state index in [0.29, 0.717) is 19.4 Å². The molecular formula is C23H21NO4. The maximum atomic E-state index is 12.8. The number of amides is 1. The van der Waals surface area contributed by atoms with Crippen LogP contribution in [0.3, 0.4) is 0 Å². The SMILES string of the molecule is C#CCC1(C(=O)O)CCCN1C(=O)OCC1c2ccccc2-c2ccccc21. The van der Waals surface area contributed by atoms with E-state index in [4.69, 9.17) is 11.2 Å². The van der Waals surface area contributed by atoms with Crippen molar-refractivity contribution in [1.82, 2.24) is 4.90 Å². The number of carbonyl (C=O) groups is 2. The van der Waals surface area contributed by atoms with Crippen molar-refractivity contribution in [3.8, 4) is 23.5 Å². The van der Waals surface area contributed by atoms with Crippen LogP contribution in [-0.4, -0.2) is 40.8 Å². The smallest absolute Gasteiger partial charge is 0.410 e. The normalized spacial score (nSPS) is 20.3. The molecule has 28 heavy (non-hydrogen) atoms. The zero-order valence-corrected chi connectivity index (χ0v) is 15.4. The number of rotatable bonds is 4. The highest BCUT2D eigenvalue weighted by Crippen LogP contribution is 2.44. The fraction of sp³-hybridized carbons (Fsp3) is 0.304. The van der Waals surface area contributed by atoms with Gasteiger partial charge in [-0.05, 0) is 35.1 Å². The molecule has 2 aromatic carbocycles. The van der Waals surface area contributed by atoms with Crippen LogP contribution in [0.25, 0.3) is 11.1 Å². The van der Waals surface area contributed by atoms with Crippen LogP contribution in [0.2, 0.25) is 0 Å². The Kier molecular flexibility index (Phi) is 4.56. The van der Waals surface area contributed by atoms with Crippen molar-refractivity contribution < 1.29 is 19.4 Å². The molecule has 1 unspecified atom stereocenters. The third-order valence-corrected chi connectivity index (χ3v) is 5.84. The molecule has 1 aliphatic heterocycles. The van der Waals surface area contributed by atoms with Crippen molar-refractivity contribution >= 4 is 12.1 Å². The molecule has 5 nitrogen and oxygen atoms in total.